The van der Waals surface area contributed by atoms with Gasteiger partial charge in [0.1, 0.15) is 5.75 Å². The Labute approximate surface area is 94.1 Å². The third-order valence-corrected chi connectivity index (χ3v) is 2.75. The average Bonchev–Trinajstić information content (AvgIpc) is 2.69. The summed E-state index contributed by atoms with van der Waals surface area (Å²) in [6, 6.07) is 5.28. The summed E-state index contributed by atoms with van der Waals surface area (Å²) in [7, 11) is 0. The number of nitrogens with two attached hydrogens (primary N) is 1. The molecule has 0 bridgehead atoms. The molecule has 0 amide bonds. The SMILES string of the molecule is Nc1ccc(OC[C@@H]2CCOC2)c(Cl)c1. The maximum absolute atomic E-state index is 5.98. The number of anilines is 1. The monoisotopic (exact) mass is 227 g/mol. The van der Waals surface area contributed by atoms with Crippen molar-refractivity contribution in [1.29, 1.82) is 0 Å². The van der Waals surface area contributed by atoms with Crippen LogP contribution in [-0.2, 0) is 4.74 Å². The van der Waals surface area contributed by atoms with E-state index in [1.165, 1.54) is 0 Å². The van der Waals surface area contributed by atoms with Crippen molar-refractivity contribution < 1.29 is 9.47 Å². The highest BCUT2D eigenvalue weighted by atomic mass is 35.5. The van der Waals surface area contributed by atoms with Crippen molar-refractivity contribution in [3.63, 3.8) is 0 Å². The van der Waals surface area contributed by atoms with Gasteiger partial charge in [-0.25, -0.2) is 0 Å². The van der Waals surface area contributed by atoms with E-state index < -0.39 is 0 Å². The van der Waals surface area contributed by atoms with Crippen LogP contribution in [0.4, 0.5) is 5.69 Å². The van der Waals surface area contributed by atoms with E-state index in [1.54, 1.807) is 18.2 Å². The van der Waals surface area contributed by atoms with Crippen molar-refractivity contribution in [1.82, 2.24) is 0 Å². The molecule has 2 rings (SSSR count). The third-order valence-electron chi connectivity index (χ3n) is 2.45. The molecule has 4 heteroatoms. The number of halogens is 1. The number of hydrogen-bond acceptors (Lipinski definition) is 3. The lowest BCUT2D eigenvalue weighted by atomic mass is 10.1. The molecule has 0 saturated carbocycles. The Morgan fingerprint density at radius 2 is 2.40 bits per heavy atom. The second-order valence-corrected chi connectivity index (χ2v) is 4.14. The molecule has 1 fully saturated rings. The maximum atomic E-state index is 5.98. The summed E-state index contributed by atoms with van der Waals surface area (Å²) >= 11 is 5.98. The predicted molar refractivity (Wildman–Crippen MR) is 60.3 cm³/mol. The normalized spacial score (nSPS) is 20.5. The molecule has 1 atom stereocenters. The highest BCUT2D eigenvalue weighted by molar-refractivity contribution is 6.32. The van der Waals surface area contributed by atoms with Crippen LogP contribution in [0, 0.1) is 5.92 Å². The second-order valence-electron chi connectivity index (χ2n) is 3.73. The van der Waals surface area contributed by atoms with Crippen LogP contribution in [0.3, 0.4) is 0 Å². The Kier molecular flexibility index (Phi) is 3.34. The second kappa shape index (κ2) is 4.73. The van der Waals surface area contributed by atoms with Gasteiger partial charge in [0.2, 0.25) is 0 Å². The molecule has 0 unspecified atom stereocenters. The van der Waals surface area contributed by atoms with E-state index in [0.717, 1.165) is 19.6 Å². The summed E-state index contributed by atoms with van der Waals surface area (Å²) in [5.41, 5.74) is 6.24. The molecular formula is C11H14ClNO2. The molecule has 1 aromatic rings. The Balaban J connectivity index is 1.92. The fourth-order valence-corrected chi connectivity index (χ4v) is 1.80. The van der Waals surface area contributed by atoms with E-state index in [0.29, 0.717) is 29.0 Å². The lowest BCUT2D eigenvalue weighted by Gasteiger charge is -2.11. The Morgan fingerprint density at radius 3 is 3.07 bits per heavy atom. The Bertz CT molecular complexity index is 337. The molecule has 2 N–H and O–H groups in total. The first kappa shape index (κ1) is 10.6. The summed E-state index contributed by atoms with van der Waals surface area (Å²) in [5, 5.41) is 0.564. The first-order valence-corrected chi connectivity index (χ1v) is 5.39. The number of nitrogen functional groups attached to an aromatic ring is 1. The molecule has 15 heavy (non-hydrogen) atoms. The number of hydrogen-bond donors (Lipinski definition) is 1. The number of benzene rings is 1. The summed E-state index contributed by atoms with van der Waals surface area (Å²) in [5.74, 6) is 1.18. The Hall–Kier alpha value is -0.930. The zero-order valence-electron chi connectivity index (χ0n) is 8.41. The van der Waals surface area contributed by atoms with Crippen LogP contribution in [0.2, 0.25) is 5.02 Å². The molecule has 82 valence electrons. The van der Waals surface area contributed by atoms with E-state index in [2.05, 4.69) is 0 Å². The minimum absolute atomic E-state index is 0.485. The van der Waals surface area contributed by atoms with Crippen molar-refractivity contribution in [2.24, 2.45) is 5.92 Å². The summed E-state index contributed by atoms with van der Waals surface area (Å²) in [6.45, 7) is 2.28. The quantitative estimate of drug-likeness (QED) is 0.807. The molecule has 1 saturated heterocycles. The molecule has 3 nitrogen and oxygen atoms in total. The van der Waals surface area contributed by atoms with Gasteiger partial charge in [-0.2, -0.15) is 0 Å². The number of rotatable bonds is 3. The van der Waals surface area contributed by atoms with Gasteiger partial charge >= 0.3 is 0 Å². The van der Waals surface area contributed by atoms with Gasteiger partial charge in [0, 0.05) is 18.2 Å². The largest absolute Gasteiger partial charge is 0.492 e. The van der Waals surface area contributed by atoms with Crippen molar-refractivity contribution in [3.05, 3.63) is 23.2 Å². The zero-order chi connectivity index (χ0) is 10.7. The standard InChI is InChI=1S/C11H14ClNO2/c12-10-5-9(13)1-2-11(10)15-7-8-3-4-14-6-8/h1-2,5,8H,3-4,6-7,13H2/t8-/m1/s1. The van der Waals surface area contributed by atoms with Crippen LogP contribution in [0.5, 0.6) is 5.75 Å². The van der Waals surface area contributed by atoms with Crippen LogP contribution in [0.1, 0.15) is 6.42 Å². The number of ether oxygens (including phenoxy) is 2. The van der Waals surface area contributed by atoms with Crippen molar-refractivity contribution >= 4 is 17.3 Å². The van der Waals surface area contributed by atoms with Crippen LogP contribution in [-0.4, -0.2) is 19.8 Å². The van der Waals surface area contributed by atoms with Crippen LogP contribution < -0.4 is 10.5 Å². The van der Waals surface area contributed by atoms with E-state index in [9.17, 15) is 0 Å². The van der Waals surface area contributed by atoms with Gasteiger partial charge in [-0.05, 0) is 24.6 Å². The minimum atomic E-state index is 0.485. The molecule has 0 radical (unpaired) electrons. The smallest absolute Gasteiger partial charge is 0.138 e. The molecule has 0 aromatic heterocycles. The van der Waals surface area contributed by atoms with Gasteiger partial charge in [0.15, 0.2) is 0 Å². The van der Waals surface area contributed by atoms with Gasteiger partial charge in [0.25, 0.3) is 0 Å². The van der Waals surface area contributed by atoms with E-state index in [1.807, 2.05) is 0 Å². The lowest BCUT2D eigenvalue weighted by molar-refractivity contribution is 0.167. The predicted octanol–water partition coefficient (Wildman–Crippen LogP) is 2.34. The molecule has 0 spiro atoms. The van der Waals surface area contributed by atoms with Crippen molar-refractivity contribution in [3.8, 4) is 5.75 Å². The van der Waals surface area contributed by atoms with E-state index in [-0.39, 0.29) is 0 Å². The topological polar surface area (TPSA) is 44.5 Å². The maximum Gasteiger partial charge on any atom is 0.138 e. The highest BCUT2D eigenvalue weighted by Gasteiger charge is 2.16. The van der Waals surface area contributed by atoms with Gasteiger partial charge < -0.3 is 15.2 Å². The minimum Gasteiger partial charge on any atom is -0.492 e. The molecule has 0 aliphatic carbocycles. The molecular weight excluding hydrogens is 214 g/mol. The average molecular weight is 228 g/mol. The zero-order valence-corrected chi connectivity index (χ0v) is 9.17. The molecule has 1 aliphatic rings. The van der Waals surface area contributed by atoms with Gasteiger partial charge in [0.05, 0.1) is 18.2 Å². The lowest BCUT2D eigenvalue weighted by Crippen LogP contribution is -2.11. The van der Waals surface area contributed by atoms with Crippen molar-refractivity contribution in [2.75, 3.05) is 25.6 Å². The Morgan fingerprint density at radius 1 is 1.53 bits per heavy atom. The fourth-order valence-electron chi connectivity index (χ4n) is 1.56. The van der Waals surface area contributed by atoms with Gasteiger partial charge in [-0.15, -0.1) is 0 Å². The van der Waals surface area contributed by atoms with E-state index in [4.69, 9.17) is 26.8 Å². The highest BCUT2D eigenvalue weighted by Crippen LogP contribution is 2.27. The van der Waals surface area contributed by atoms with Crippen LogP contribution in [0.15, 0.2) is 18.2 Å². The van der Waals surface area contributed by atoms with Gasteiger partial charge in [-0.3, -0.25) is 0 Å². The summed E-state index contributed by atoms with van der Waals surface area (Å²) in [4.78, 5) is 0. The van der Waals surface area contributed by atoms with Crippen LogP contribution >= 0.6 is 11.6 Å². The fraction of sp³-hybridized carbons (Fsp3) is 0.455. The van der Waals surface area contributed by atoms with Crippen LogP contribution in [0.25, 0.3) is 0 Å². The molecule has 1 heterocycles. The van der Waals surface area contributed by atoms with Crippen molar-refractivity contribution in [2.45, 2.75) is 6.42 Å². The first-order valence-electron chi connectivity index (χ1n) is 5.01. The summed E-state index contributed by atoms with van der Waals surface area (Å²) < 4.78 is 10.9. The van der Waals surface area contributed by atoms with E-state index >= 15 is 0 Å². The molecule has 1 aliphatic heterocycles. The third kappa shape index (κ3) is 2.76. The molecule has 1 aromatic carbocycles. The van der Waals surface area contributed by atoms with Gasteiger partial charge in [-0.1, -0.05) is 11.6 Å². The summed E-state index contributed by atoms with van der Waals surface area (Å²) in [6.07, 6.45) is 1.06. The first-order chi connectivity index (χ1) is 7.25.